The third-order valence-corrected chi connectivity index (χ3v) is 5.67. The molecule has 1 saturated carbocycles. The topological polar surface area (TPSA) is 58.7 Å². The highest BCUT2D eigenvalue weighted by Gasteiger charge is 2.40. The van der Waals surface area contributed by atoms with Crippen LogP contribution in [0.2, 0.25) is 0 Å². The normalized spacial score (nSPS) is 26.6. The third kappa shape index (κ3) is 2.73. The summed E-state index contributed by atoms with van der Waals surface area (Å²) in [6, 6.07) is 2.19. The van der Waals surface area contributed by atoms with Crippen LogP contribution in [0.3, 0.4) is 0 Å². The van der Waals surface area contributed by atoms with Gasteiger partial charge in [-0.25, -0.2) is 0 Å². The molecule has 4 nitrogen and oxygen atoms in total. The molecule has 1 aromatic rings. The van der Waals surface area contributed by atoms with Crippen molar-refractivity contribution in [3.8, 4) is 6.07 Å². The van der Waals surface area contributed by atoms with Gasteiger partial charge in [0, 0.05) is 24.1 Å². The van der Waals surface area contributed by atoms with E-state index < -0.39 is 0 Å². The van der Waals surface area contributed by atoms with Crippen molar-refractivity contribution in [2.75, 3.05) is 0 Å². The summed E-state index contributed by atoms with van der Waals surface area (Å²) in [5, 5.41) is 14.2. The van der Waals surface area contributed by atoms with Crippen LogP contribution in [0.25, 0.3) is 0 Å². The Labute approximate surface area is 138 Å². The summed E-state index contributed by atoms with van der Waals surface area (Å²) >= 11 is 0. The maximum Gasteiger partial charge on any atom is 0.178 e. The average molecular weight is 311 g/mol. The van der Waals surface area contributed by atoms with Crippen LogP contribution in [-0.2, 0) is 23.7 Å². The molecule has 1 fully saturated rings. The molecule has 1 heterocycles. The number of hydrogen-bond donors (Lipinski definition) is 0. The van der Waals surface area contributed by atoms with Crippen LogP contribution in [0.15, 0.2) is 17.8 Å². The van der Waals surface area contributed by atoms with Crippen molar-refractivity contribution >= 4 is 5.78 Å². The van der Waals surface area contributed by atoms with E-state index in [2.05, 4.69) is 24.3 Å². The van der Waals surface area contributed by atoms with Crippen molar-refractivity contribution in [1.82, 2.24) is 9.78 Å². The van der Waals surface area contributed by atoms with E-state index in [1.165, 1.54) is 5.56 Å². The number of nitrogens with zero attached hydrogens (tertiary/aromatic N) is 3. The number of carbonyl (C=O) groups excluding carboxylic acids is 1. The number of ketones is 1. The molecule has 1 atom stereocenters. The van der Waals surface area contributed by atoms with Crippen molar-refractivity contribution in [1.29, 1.82) is 5.26 Å². The molecule has 3 rings (SSSR count). The lowest BCUT2D eigenvalue weighted by atomic mass is 9.72. The summed E-state index contributed by atoms with van der Waals surface area (Å²) in [5.41, 5.74) is 1.94. The van der Waals surface area contributed by atoms with Gasteiger partial charge in [0.2, 0.25) is 0 Å². The van der Waals surface area contributed by atoms with Gasteiger partial charge in [0.25, 0.3) is 0 Å². The van der Waals surface area contributed by atoms with Crippen LogP contribution in [0.4, 0.5) is 0 Å². The van der Waals surface area contributed by atoms with Crippen molar-refractivity contribution in [2.45, 2.75) is 64.2 Å². The van der Waals surface area contributed by atoms with Gasteiger partial charge in [-0.3, -0.25) is 9.48 Å². The molecule has 122 valence electrons. The van der Waals surface area contributed by atoms with E-state index in [1.54, 1.807) is 0 Å². The zero-order valence-corrected chi connectivity index (χ0v) is 14.4. The first-order valence-corrected chi connectivity index (χ1v) is 8.59. The van der Waals surface area contributed by atoms with Crippen LogP contribution in [0, 0.1) is 16.7 Å². The van der Waals surface area contributed by atoms with E-state index in [-0.39, 0.29) is 16.6 Å². The number of fused-ring (bicyclic) bond motifs is 1. The second-order valence-corrected chi connectivity index (χ2v) is 7.71. The van der Waals surface area contributed by atoms with Gasteiger partial charge in [-0.2, -0.15) is 10.4 Å². The SMILES string of the molecule is Cn1cc2c(n1)[C@@](C)(/C=C(/C#N)C(=O)C1(C)CCCC1)CCC2. The molecule has 1 aromatic heterocycles. The molecule has 0 saturated heterocycles. The first-order chi connectivity index (χ1) is 10.9. The van der Waals surface area contributed by atoms with Crippen molar-refractivity contribution < 1.29 is 4.79 Å². The summed E-state index contributed by atoms with van der Waals surface area (Å²) in [4.78, 5) is 12.9. The highest BCUT2D eigenvalue weighted by Crippen LogP contribution is 2.42. The van der Waals surface area contributed by atoms with Gasteiger partial charge >= 0.3 is 0 Å². The van der Waals surface area contributed by atoms with Crippen molar-refractivity contribution in [3.05, 3.63) is 29.1 Å². The number of rotatable bonds is 3. The Morgan fingerprint density at radius 3 is 2.65 bits per heavy atom. The van der Waals surface area contributed by atoms with E-state index in [0.717, 1.165) is 50.6 Å². The largest absolute Gasteiger partial charge is 0.293 e. The van der Waals surface area contributed by atoms with Crippen LogP contribution >= 0.6 is 0 Å². The Kier molecular flexibility index (Phi) is 3.91. The quantitative estimate of drug-likeness (QED) is 0.633. The molecule has 0 radical (unpaired) electrons. The molecule has 0 spiro atoms. The number of hydrogen-bond acceptors (Lipinski definition) is 3. The van der Waals surface area contributed by atoms with E-state index in [0.29, 0.717) is 5.57 Å². The fraction of sp³-hybridized carbons (Fsp3) is 0.632. The molecule has 0 N–H and O–H groups in total. The molecule has 2 aliphatic rings. The molecule has 4 heteroatoms. The first-order valence-electron chi connectivity index (χ1n) is 8.59. The van der Waals surface area contributed by atoms with Crippen molar-refractivity contribution in [3.63, 3.8) is 0 Å². The molecular weight excluding hydrogens is 286 g/mol. The van der Waals surface area contributed by atoms with Crippen LogP contribution in [0.1, 0.15) is 63.6 Å². The van der Waals surface area contributed by atoms with Gasteiger partial charge in [0.05, 0.1) is 11.3 Å². The van der Waals surface area contributed by atoms with Gasteiger partial charge in [-0.15, -0.1) is 0 Å². The Balaban J connectivity index is 1.98. The molecule has 0 bridgehead atoms. The van der Waals surface area contributed by atoms with E-state index in [4.69, 9.17) is 0 Å². The molecule has 0 aromatic carbocycles. The fourth-order valence-corrected chi connectivity index (χ4v) is 4.28. The Morgan fingerprint density at radius 1 is 1.30 bits per heavy atom. The van der Waals surface area contributed by atoms with E-state index >= 15 is 0 Å². The lowest BCUT2D eigenvalue weighted by Gasteiger charge is -2.30. The Hall–Kier alpha value is -1.89. The third-order valence-electron chi connectivity index (χ3n) is 5.67. The van der Waals surface area contributed by atoms with Gasteiger partial charge < -0.3 is 0 Å². The molecule has 0 aliphatic heterocycles. The number of allylic oxidation sites excluding steroid dienone is 2. The average Bonchev–Trinajstić information content (AvgIpc) is 3.11. The smallest absolute Gasteiger partial charge is 0.178 e. The molecule has 0 unspecified atom stereocenters. The summed E-state index contributed by atoms with van der Waals surface area (Å²) < 4.78 is 1.84. The summed E-state index contributed by atoms with van der Waals surface area (Å²) in [6.45, 7) is 4.13. The standard InChI is InChI=1S/C19H25N3O/c1-18(8-4-5-9-18)17(23)15(12-20)11-19(2)10-6-7-14-13-22(3)21-16(14)19/h11,13H,4-10H2,1-3H3/b15-11-/t19-/m1/s1. The predicted octanol–water partition coefficient (Wildman–Crippen LogP) is 3.61. The van der Waals surface area contributed by atoms with Gasteiger partial charge in [-0.05, 0) is 37.7 Å². The molecule has 23 heavy (non-hydrogen) atoms. The number of aromatic nitrogens is 2. The Morgan fingerprint density at radius 2 is 2.00 bits per heavy atom. The lowest BCUT2D eigenvalue weighted by Crippen LogP contribution is -2.30. The minimum atomic E-state index is -0.348. The number of carbonyl (C=O) groups is 1. The van der Waals surface area contributed by atoms with Crippen molar-refractivity contribution in [2.24, 2.45) is 12.5 Å². The monoisotopic (exact) mass is 311 g/mol. The fourth-order valence-electron chi connectivity index (χ4n) is 4.28. The van der Waals surface area contributed by atoms with Crippen LogP contribution in [-0.4, -0.2) is 15.6 Å². The minimum absolute atomic E-state index is 0.0294. The van der Waals surface area contributed by atoms with E-state index in [1.807, 2.05) is 24.7 Å². The van der Waals surface area contributed by atoms with Gasteiger partial charge in [-0.1, -0.05) is 32.8 Å². The second-order valence-electron chi connectivity index (χ2n) is 7.71. The highest BCUT2D eigenvalue weighted by atomic mass is 16.1. The number of aryl methyl sites for hydroxylation is 2. The van der Waals surface area contributed by atoms with Crippen LogP contribution in [0.5, 0.6) is 0 Å². The summed E-state index contributed by atoms with van der Waals surface area (Å²) in [5.74, 6) is 0.0294. The first kappa shape index (κ1) is 16.0. The Bertz CT molecular complexity index is 701. The zero-order valence-electron chi connectivity index (χ0n) is 14.4. The maximum absolute atomic E-state index is 12.9. The summed E-state index contributed by atoms with van der Waals surface area (Å²) in [7, 11) is 1.93. The second kappa shape index (κ2) is 5.63. The predicted molar refractivity (Wildman–Crippen MR) is 88.8 cm³/mol. The molecule has 0 amide bonds. The molecular formula is C19H25N3O. The zero-order chi connectivity index (χ0) is 16.7. The van der Waals surface area contributed by atoms with Gasteiger partial charge in [0.1, 0.15) is 6.07 Å². The van der Waals surface area contributed by atoms with Gasteiger partial charge in [0.15, 0.2) is 5.78 Å². The maximum atomic E-state index is 12.9. The molecule has 2 aliphatic carbocycles. The lowest BCUT2D eigenvalue weighted by molar-refractivity contribution is -0.123. The number of Topliss-reactive ketones (excluding diaryl/α,β-unsaturated/α-hetero) is 1. The minimum Gasteiger partial charge on any atom is -0.293 e. The van der Waals surface area contributed by atoms with Crippen LogP contribution < -0.4 is 0 Å². The van der Waals surface area contributed by atoms with E-state index in [9.17, 15) is 10.1 Å². The summed E-state index contributed by atoms with van der Waals surface area (Å²) in [6.07, 6.45) is 11.0. The highest BCUT2D eigenvalue weighted by molar-refractivity contribution is 6.03. The number of nitriles is 1.